The zero-order valence-electron chi connectivity index (χ0n) is 15.2. The molecule has 0 radical (unpaired) electrons. The van der Waals surface area contributed by atoms with E-state index >= 15 is 0 Å². The van der Waals surface area contributed by atoms with Crippen molar-refractivity contribution < 1.29 is 4.74 Å². The number of fused-ring (bicyclic) bond motifs is 1. The summed E-state index contributed by atoms with van der Waals surface area (Å²) in [5.74, 6) is 1.33. The summed E-state index contributed by atoms with van der Waals surface area (Å²) < 4.78 is 7.89. The van der Waals surface area contributed by atoms with Gasteiger partial charge in [0.15, 0.2) is 0 Å². The van der Waals surface area contributed by atoms with Crippen molar-refractivity contribution >= 4 is 54.5 Å². The highest BCUT2D eigenvalue weighted by atomic mass is 79.9. The minimum atomic E-state index is 0.464. The number of allylic oxidation sites excluding steroid dienone is 1. The molecule has 0 fully saturated rings. The van der Waals surface area contributed by atoms with Crippen LogP contribution in [0.4, 0.5) is 0 Å². The number of rotatable bonds is 5. The molecule has 142 valence electrons. The van der Waals surface area contributed by atoms with Crippen LogP contribution >= 0.6 is 31.9 Å². The first kappa shape index (κ1) is 19.4. The minimum Gasteiger partial charge on any atom is -0.489 e. The Morgan fingerprint density at radius 2 is 1.86 bits per heavy atom. The van der Waals surface area contributed by atoms with E-state index in [0.717, 1.165) is 36.9 Å². The molecule has 0 bridgehead atoms. The lowest BCUT2D eigenvalue weighted by atomic mass is 10.1. The minimum absolute atomic E-state index is 0.464. The number of imidazole rings is 1. The second kappa shape index (κ2) is 8.64. The van der Waals surface area contributed by atoms with Crippen molar-refractivity contribution in [3.63, 3.8) is 0 Å². The van der Waals surface area contributed by atoms with Crippen LogP contribution in [0.3, 0.4) is 0 Å². The Bertz CT molecular complexity index is 1200. The van der Waals surface area contributed by atoms with Gasteiger partial charge >= 0.3 is 0 Å². The van der Waals surface area contributed by atoms with Gasteiger partial charge in [0.25, 0.3) is 0 Å². The van der Waals surface area contributed by atoms with E-state index in [1.54, 1.807) is 0 Å². The summed E-state index contributed by atoms with van der Waals surface area (Å²) in [6.45, 7) is 0.464. The summed E-state index contributed by atoms with van der Waals surface area (Å²) in [4.78, 5) is 7.69. The van der Waals surface area contributed by atoms with Crippen LogP contribution in [0.1, 0.15) is 17.0 Å². The quantitative estimate of drug-likeness (QED) is 0.304. The summed E-state index contributed by atoms with van der Waals surface area (Å²) in [7, 11) is 0. The number of hydrogen-bond donors (Lipinski definition) is 1. The van der Waals surface area contributed by atoms with E-state index in [-0.39, 0.29) is 0 Å². The van der Waals surface area contributed by atoms with Crippen LogP contribution in [-0.2, 0) is 6.61 Å². The highest BCUT2D eigenvalue weighted by molar-refractivity contribution is 9.11. The van der Waals surface area contributed by atoms with Gasteiger partial charge in [-0.15, -0.1) is 0 Å². The van der Waals surface area contributed by atoms with E-state index in [4.69, 9.17) is 4.74 Å². The van der Waals surface area contributed by atoms with Gasteiger partial charge in [0, 0.05) is 14.5 Å². The molecule has 0 saturated carbocycles. The number of nitrogens with zero attached hydrogens (tertiary/aromatic N) is 2. The first-order valence-corrected chi connectivity index (χ1v) is 10.4. The predicted molar refractivity (Wildman–Crippen MR) is 122 cm³/mol. The molecule has 1 N–H and O–H groups in total. The Hall–Kier alpha value is -2.88. The predicted octanol–water partition coefficient (Wildman–Crippen LogP) is 6.73. The maximum atomic E-state index is 9.57. The molecule has 1 heterocycles. The molecule has 0 atom stereocenters. The molecule has 1 aromatic heterocycles. The molecule has 29 heavy (non-hydrogen) atoms. The lowest BCUT2D eigenvalue weighted by Gasteiger charge is -2.08. The summed E-state index contributed by atoms with van der Waals surface area (Å²) in [5, 5.41) is 9.57. The van der Waals surface area contributed by atoms with Crippen molar-refractivity contribution in [3.8, 4) is 11.8 Å². The number of aromatic nitrogens is 2. The summed E-state index contributed by atoms with van der Waals surface area (Å²) in [6.07, 6.45) is 1.81. The monoisotopic (exact) mass is 507 g/mol. The number of hydrogen-bond acceptors (Lipinski definition) is 3. The largest absolute Gasteiger partial charge is 0.489 e. The van der Waals surface area contributed by atoms with E-state index in [2.05, 4.69) is 47.9 Å². The maximum Gasteiger partial charge on any atom is 0.149 e. The van der Waals surface area contributed by atoms with E-state index in [1.807, 2.05) is 72.8 Å². The number of nitrogens with one attached hydrogen (secondary N) is 1. The zero-order chi connectivity index (χ0) is 20.2. The van der Waals surface area contributed by atoms with Gasteiger partial charge in [-0.2, -0.15) is 5.26 Å². The number of nitriles is 1. The lowest BCUT2D eigenvalue weighted by molar-refractivity contribution is 0.305. The fourth-order valence-corrected chi connectivity index (χ4v) is 4.02. The Morgan fingerprint density at radius 1 is 1.07 bits per heavy atom. The molecule has 3 aromatic carbocycles. The SMILES string of the molecule is N#C/C(=C/c1ccc(OCc2ccc(Br)cc2Br)cc1)c1nc2ccccc2[nH]1. The first-order chi connectivity index (χ1) is 14.1. The molecule has 0 aliphatic rings. The van der Waals surface area contributed by atoms with Crippen molar-refractivity contribution in [2.45, 2.75) is 6.61 Å². The van der Waals surface area contributed by atoms with Gasteiger partial charge in [-0.05, 0) is 48.0 Å². The number of halogens is 2. The van der Waals surface area contributed by atoms with Gasteiger partial charge in [0.2, 0.25) is 0 Å². The van der Waals surface area contributed by atoms with E-state index in [1.165, 1.54) is 0 Å². The van der Waals surface area contributed by atoms with Crippen LogP contribution in [0.5, 0.6) is 5.75 Å². The molecule has 0 saturated heterocycles. The Morgan fingerprint density at radius 3 is 2.59 bits per heavy atom. The Kier molecular flexibility index (Phi) is 5.79. The standard InChI is InChI=1S/C23H15Br2N3O/c24-18-8-7-16(20(25)12-18)14-29-19-9-5-15(6-10-19)11-17(13-26)23-27-21-3-1-2-4-22(21)28-23/h1-12H,14H2,(H,27,28)/b17-11-. The highest BCUT2D eigenvalue weighted by Crippen LogP contribution is 2.24. The average Bonchev–Trinajstić information content (AvgIpc) is 3.16. The van der Waals surface area contributed by atoms with Crippen LogP contribution in [0, 0.1) is 11.3 Å². The number of benzene rings is 3. The summed E-state index contributed by atoms with van der Waals surface area (Å²) in [6, 6.07) is 23.6. The van der Waals surface area contributed by atoms with E-state index < -0.39 is 0 Å². The third-order valence-electron chi connectivity index (χ3n) is 4.37. The molecule has 4 nitrogen and oxygen atoms in total. The molecule has 0 amide bonds. The van der Waals surface area contributed by atoms with Crippen LogP contribution < -0.4 is 4.74 Å². The fourth-order valence-electron chi connectivity index (χ4n) is 2.86. The number of aromatic amines is 1. The third kappa shape index (κ3) is 4.58. The Labute approximate surface area is 185 Å². The van der Waals surface area contributed by atoms with Crippen molar-refractivity contribution in [2.75, 3.05) is 0 Å². The van der Waals surface area contributed by atoms with Gasteiger partial charge in [0.05, 0.1) is 16.6 Å². The normalized spacial score (nSPS) is 11.4. The number of H-pyrrole nitrogens is 1. The average molecular weight is 509 g/mol. The fraction of sp³-hybridized carbons (Fsp3) is 0.0435. The van der Waals surface area contributed by atoms with E-state index in [9.17, 15) is 5.26 Å². The van der Waals surface area contributed by atoms with Crippen LogP contribution in [0.25, 0.3) is 22.7 Å². The van der Waals surface area contributed by atoms with Gasteiger partial charge < -0.3 is 9.72 Å². The van der Waals surface area contributed by atoms with Crippen LogP contribution in [0.2, 0.25) is 0 Å². The molecule has 0 aliphatic carbocycles. The molecule has 4 rings (SSSR count). The van der Waals surface area contributed by atoms with Crippen molar-refractivity contribution in [1.29, 1.82) is 5.26 Å². The maximum absolute atomic E-state index is 9.57. The van der Waals surface area contributed by atoms with Gasteiger partial charge in [-0.25, -0.2) is 4.98 Å². The third-order valence-corrected chi connectivity index (χ3v) is 5.60. The van der Waals surface area contributed by atoms with Crippen LogP contribution in [0.15, 0.2) is 75.7 Å². The molecule has 0 unspecified atom stereocenters. The lowest BCUT2D eigenvalue weighted by Crippen LogP contribution is -1.96. The number of ether oxygens (including phenoxy) is 1. The molecule has 6 heteroatoms. The van der Waals surface area contributed by atoms with Gasteiger partial charge in [-0.3, -0.25) is 0 Å². The molecular weight excluding hydrogens is 494 g/mol. The second-order valence-corrected chi connectivity index (χ2v) is 8.14. The molecule has 4 aromatic rings. The smallest absolute Gasteiger partial charge is 0.149 e. The first-order valence-electron chi connectivity index (χ1n) is 8.86. The van der Waals surface area contributed by atoms with Crippen molar-refractivity contribution in [3.05, 3.63) is 92.6 Å². The van der Waals surface area contributed by atoms with Crippen molar-refractivity contribution in [1.82, 2.24) is 9.97 Å². The second-order valence-electron chi connectivity index (χ2n) is 6.37. The zero-order valence-corrected chi connectivity index (χ0v) is 18.4. The van der Waals surface area contributed by atoms with E-state index in [0.29, 0.717) is 18.0 Å². The highest BCUT2D eigenvalue weighted by Gasteiger charge is 2.08. The molecule has 0 spiro atoms. The van der Waals surface area contributed by atoms with Crippen LogP contribution in [-0.4, -0.2) is 9.97 Å². The molecule has 0 aliphatic heterocycles. The topological polar surface area (TPSA) is 61.7 Å². The van der Waals surface area contributed by atoms with Crippen molar-refractivity contribution in [2.24, 2.45) is 0 Å². The van der Waals surface area contributed by atoms with Gasteiger partial charge in [-0.1, -0.05) is 62.2 Å². The Balaban J connectivity index is 1.49. The summed E-state index contributed by atoms with van der Waals surface area (Å²) in [5.41, 5.74) is 4.19. The molecular formula is C23H15Br2N3O. The number of para-hydroxylation sites is 2. The summed E-state index contributed by atoms with van der Waals surface area (Å²) >= 11 is 6.99. The van der Waals surface area contributed by atoms with Gasteiger partial charge in [0.1, 0.15) is 24.3 Å².